The molecule has 4 rings (SSSR count). The molecule has 144 valence electrons. The highest BCUT2D eigenvalue weighted by Gasteiger charge is 2.39. The lowest BCUT2D eigenvalue weighted by molar-refractivity contribution is -0.113. The number of likely N-dealkylation sites (N-methyl/N-ethyl adjacent to an activating group) is 1. The quantitative estimate of drug-likeness (QED) is 0.623. The first kappa shape index (κ1) is 18.9. The first-order chi connectivity index (χ1) is 13.3. The van der Waals surface area contributed by atoms with Gasteiger partial charge in [-0.15, -0.1) is 22.7 Å². The van der Waals surface area contributed by atoms with Crippen LogP contribution in [0.25, 0.3) is 17.0 Å². The van der Waals surface area contributed by atoms with Gasteiger partial charge >= 0.3 is 0 Å². The molecule has 1 amide bonds. The number of aliphatic hydroxyl groups excluding tert-OH is 1. The topological polar surface area (TPSA) is 99.6 Å². The van der Waals surface area contributed by atoms with Crippen molar-refractivity contribution >= 4 is 61.1 Å². The standard InChI is InChI=1S/C17H12ClN3O4S3/c1-21-13(14(22)15-11(28(21,24)25)7-12(18)27-15)16(23)20-17-19-10(8-26-17)9-5-3-2-4-6-9/h2-8,22H,1H3,(H,19,20,23). The van der Waals surface area contributed by atoms with Crippen LogP contribution in [-0.4, -0.2) is 35.8 Å². The smallest absolute Gasteiger partial charge is 0.278 e. The number of carbonyl (C=O) groups is 1. The Morgan fingerprint density at radius 3 is 2.71 bits per heavy atom. The van der Waals surface area contributed by atoms with E-state index in [2.05, 4.69) is 10.3 Å². The van der Waals surface area contributed by atoms with Gasteiger partial charge in [-0.25, -0.2) is 13.4 Å². The van der Waals surface area contributed by atoms with Gasteiger partial charge in [-0.05, 0) is 6.07 Å². The SMILES string of the molecule is CN1C(C(=O)Nc2nc(-c3ccccc3)cs2)=C(O)c2sc(Cl)cc2S1(=O)=O. The largest absolute Gasteiger partial charge is 0.504 e. The number of halogens is 1. The molecule has 0 fully saturated rings. The van der Waals surface area contributed by atoms with E-state index in [1.165, 1.54) is 24.5 Å². The number of fused-ring (bicyclic) bond motifs is 1. The van der Waals surface area contributed by atoms with Gasteiger partial charge < -0.3 is 5.11 Å². The van der Waals surface area contributed by atoms with Gasteiger partial charge in [0.2, 0.25) is 0 Å². The van der Waals surface area contributed by atoms with E-state index < -0.39 is 21.7 Å². The maximum Gasteiger partial charge on any atom is 0.278 e. The summed E-state index contributed by atoms with van der Waals surface area (Å²) in [5, 5.41) is 15.1. The number of anilines is 1. The zero-order valence-corrected chi connectivity index (χ0v) is 17.4. The Labute approximate surface area is 173 Å². The Hall–Kier alpha value is -2.40. The summed E-state index contributed by atoms with van der Waals surface area (Å²) < 4.78 is 26.3. The highest BCUT2D eigenvalue weighted by atomic mass is 35.5. The second kappa shape index (κ2) is 6.89. The van der Waals surface area contributed by atoms with Crippen LogP contribution < -0.4 is 5.32 Å². The van der Waals surface area contributed by atoms with Crippen LogP contribution in [-0.2, 0) is 14.8 Å². The molecular weight excluding hydrogens is 442 g/mol. The van der Waals surface area contributed by atoms with Gasteiger partial charge in [-0.2, -0.15) is 0 Å². The predicted octanol–water partition coefficient (Wildman–Crippen LogP) is 4.02. The van der Waals surface area contributed by atoms with Gasteiger partial charge in [0.15, 0.2) is 16.6 Å². The van der Waals surface area contributed by atoms with Gasteiger partial charge in [0.25, 0.3) is 15.9 Å². The number of nitrogens with one attached hydrogen (secondary N) is 1. The molecule has 7 nitrogen and oxygen atoms in total. The van der Waals surface area contributed by atoms with Crippen molar-refractivity contribution in [2.75, 3.05) is 12.4 Å². The highest BCUT2D eigenvalue weighted by Crippen LogP contribution is 2.41. The van der Waals surface area contributed by atoms with E-state index in [0.717, 1.165) is 21.2 Å². The Morgan fingerprint density at radius 2 is 2.00 bits per heavy atom. The number of rotatable bonds is 3. The molecule has 0 aliphatic carbocycles. The number of thiazole rings is 1. The van der Waals surface area contributed by atoms with Crippen molar-refractivity contribution in [3.8, 4) is 11.3 Å². The molecule has 28 heavy (non-hydrogen) atoms. The van der Waals surface area contributed by atoms with Gasteiger partial charge in [0.1, 0.15) is 4.90 Å². The van der Waals surface area contributed by atoms with Crippen LogP contribution in [0.5, 0.6) is 0 Å². The van der Waals surface area contributed by atoms with E-state index in [-0.39, 0.29) is 24.9 Å². The lowest BCUT2D eigenvalue weighted by Gasteiger charge is -2.26. The molecule has 1 aliphatic heterocycles. The Kier molecular flexibility index (Phi) is 4.66. The zero-order chi connectivity index (χ0) is 20.1. The number of thiophene rings is 1. The first-order valence-corrected chi connectivity index (χ1v) is 11.3. The summed E-state index contributed by atoms with van der Waals surface area (Å²) in [6, 6.07) is 10.7. The number of benzene rings is 1. The molecule has 11 heteroatoms. The summed E-state index contributed by atoms with van der Waals surface area (Å²) >= 11 is 7.99. The van der Waals surface area contributed by atoms with Crippen LogP contribution in [0.3, 0.4) is 0 Å². The fourth-order valence-electron chi connectivity index (χ4n) is 2.71. The number of aromatic nitrogens is 1. The van der Waals surface area contributed by atoms with E-state index in [1.807, 2.05) is 30.3 Å². The molecular formula is C17H12ClN3O4S3. The summed E-state index contributed by atoms with van der Waals surface area (Å²) in [4.78, 5) is 17.0. The summed E-state index contributed by atoms with van der Waals surface area (Å²) in [7, 11) is -2.79. The van der Waals surface area contributed by atoms with Crippen LogP contribution in [0.1, 0.15) is 4.88 Å². The number of hydrogen-bond acceptors (Lipinski definition) is 7. The number of nitrogens with zero attached hydrogens (tertiary/aromatic N) is 2. The fraction of sp³-hybridized carbons (Fsp3) is 0.0588. The average molecular weight is 454 g/mol. The molecule has 0 bridgehead atoms. The monoisotopic (exact) mass is 453 g/mol. The van der Waals surface area contributed by atoms with Crippen molar-refractivity contribution in [3.63, 3.8) is 0 Å². The van der Waals surface area contributed by atoms with Crippen LogP contribution in [0, 0.1) is 0 Å². The van der Waals surface area contributed by atoms with E-state index in [4.69, 9.17) is 11.6 Å². The number of aliphatic hydroxyl groups is 1. The van der Waals surface area contributed by atoms with E-state index in [1.54, 1.807) is 5.38 Å². The van der Waals surface area contributed by atoms with Crippen molar-refractivity contribution in [2.24, 2.45) is 0 Å². The minimum atomic E-state index is -3.99. The lowest BCUT2D eigenvalue weighted by Crippen LogP contribution is -2.36. The molecule has 2 aromatic heterocycles. The third kappa shape index (κ3) is 3.08. The number of carbonyl (C=O) groups excluding carboxylic acids is 1. The van der Waals surface area contributed by atoms with Crippen LogP contribution in [0.4, 0.5) is 5.13 Å². The van der Waals surface area contributed by atoms with Crippen LogP contribution in [0.15, 0.2) is 52.4 Å². The molecule has 0 saturated heterocycles. The highest BCUT2D eigenvalue weighted by molar-refractivity contribution is 7.89. The molecule has 1 aromatic carbocycles. The van der Waals surface area contributed by atoms with Gasteiger partial charge in [-0.1, -0.05) is 41.9 Å². The summed E-state index contributed by atoms with van der Waals surface area (Å²) in [5.41, 5.74) is 1.18. The fourth-order valence-corrected chi connectivity index (χ4v) is 6.37. The van der Waals surface area contributed by atoms with Gasteiger partial charge in [0.05, 0.1) is 14.9 Å². The normalized spacial score (nSPS) is 15.4. The lowest BCUT2D eigenvalue weighted by atomic mass is 10.2. The van der Waals surface area contributed by atoms with Crippen molar-refractivity contribution in [3.05, 3.63) is 56.7 Å². The molecule has 2 N–H and O–H groups in total. The molecule has 0 spiro atoms. The molecule has 0 atom stereocenters. The van der Waals surface area contributed by atoms with E-state index >= 15 is 0 Å². The molecule has 1 aliphatic rings. The van der Waals surface area contributed by atoms with E-state index in [9.17, 15) is 18.3 Å². The molecule has 0 unspecified atom stereocenters. The maximum absolute atomic E-state index is 12.7. The van der Waals surface area contributed by atoms with Gasteiger partial charge in [-0.3, -0.25) is 14.4 Å². The predicted molar refractivity (Wildman–Crippen MR) is 110 cm³/mol. The van der Waals surface area contributed by atoms with Crippen LogP contribution >= 0.6 is 34.3 Å². The van der Waals surface area contributed by atoms with Crippen molar-refractivity contribution in [2.45, 2.75) is 4.90 Å². The first-order valence-electron chi connectivity index (χ1n) is 7.83. The van der Waals surface area contributed by atoms with Crippen molar-refractivity contribution in [1.82, 2.24) is 9.29 Å². The number of amides is 1. The maximum atomic E-state index is 12.7. The summed E-state index contributed by atoms with van der Waals surface area (Å²) in [6.45, 7) is 0. The molecule has 0 radical (unpaired) electrons. The van der Waals surface area contributed by atoms with Crippen molar-refractivity contribution in [1.29, 1.82) is 0 Å². The Balaban J connectivity index is 1.68. The minimum absolute atomic E-state index is 0.0392. The third-order valence-electron chi connectivity index (χ3n) is 4.07. The summed E-state index contributed by atoms with van der Waals surface area (Å²) in [6.07, 6.45) is 0. The summed E-state index contributed by atoms with van der Waals surface area (Å²) in [5.74, 6) is -1.23. The number of sulfonamides is 1. The third-order valence-corrected chi connectivity index (χ3v) is 8.01. The second-order valence-corrected chi connectivity index (χ2v) is 10.3. The molecule has 3 aromatic rings. The number of hydrogen-bond donors (Lipinski definition) is 2. The van der Waals surface area contributed by atoms with Gasteiger partial charge in [0, 0.05) is 18.0 Å². The average Bonchev–Trinajstić information content (AvgIpc) is 3.28. The Morgan fingerprint density at radius 1 is 1.29 bits per heavy atom. The molecule has 3 heterocycles. The van der Waals surface area contributed by atoms with E-state index in [0.29, 0.717) is 5.69 Å². The van der Waals surface area contributed by atoms with Crippen molar-refractivity contribution < 1.29 is 18.3 Å². The zero-order valence-electron chi connectivity index (χ0n) is 14.2. The molecule has 0 saturated carbocycles. The Bertz CT molecular complexity index is 1220. The minimum Gasteiger partial charge on any atom is -0.504 e. The van der Waals surface area contributed by atoms with Crippen LogP contribution in [0.2, 0.25) is 4.34 Å². The second-order valence-electron chi connectivity index (χ2n) is 5.77.